The van der Waals surface area contributed by atoms with Crippen LogP contribution in [-0.4, -0.2) is 50.7 Å². The number of unbranched alkanes of at least 4 members (excludes halogenated alkanes) is 1. The number of rotatable bonds is 15. The van der Waals surface area contributed by atoms with Gasteiger partial charge in [0.1, 0.15) is 11.5 Å². The van der Waals surface area contributed by atoms with Crippen LogP contribution in [-0.2, 0) is 38.1 Å². The minimum Gasteiger partial charge on any atom is -0.482 e. The third-order valence-corrected chi connectivity index (χ3v) is 4.32. The first-order valence-corrected chi connectivity index (χ1v) is 10.9. The quantitative estimate of drug-likeness (QED) is 0.156. The molecule has 0 unspecified atom stereocenters. The maximum absolute atomic E-state index is 11.7. The number of carbonyl (C=O) groups is 4. The zero-order chi connectivity index (χ0) is 26.2. The van der Waals surface area contributed by atoms with Crippen LogP contribution in [0.15, 0.2) is 48.5 Å². The van der Waals surface area contributed by atoms with E-state index in [-0.39, 0.29) is 26.1 Å². The van der Waals surface area contributed by atoms with Gasteiger partial charge in [0.15, 0.2) is 13.2 Å². The lowest BCUT2D eigenvalue weighted by molar-refractivity contribution is -0.171. The van der Waals surface area contributed by atoms with Crippen LogP contribution in [0.2, 0.25) is 0 Å². The van der Waals surface area contributed by atoms with Gasteiger partial charge >= 0.3 is 23.9 Å². The van der Waals surface area contributed by atoms with Crippen LogP contribution in [0.1, 0.15) is 25.7 Å². The highest BCUT2D eigenvalue weighted by Crippen LogP contribution is 2.15. The summed E-state index contributed by atoms with van der Waals surface area (Å²) in [6.45, 7) is -1.83. The Morgan fingerprint density at radius 2 is 0.972 bits per heavy atom. The Morgan fingerprint density at radius 3 is 1.36 bits per heavy atom. The summed E-state index contributed by atoms with van der Waals surface area (Å²) >= 11 is 0. The van der Waals surface area contributed by atoms with Crippen molar-refractivity contribution in [2.75, 3.05) is 38.3 Å². The van der Waals surface area contributed by atoms with E-state index in [0.717, 1.165) is 0 Å². The van der Waals surface area contributed by atoms with Crippen molar-refractivity contribution < 1.29 is 47.6 Å². The molecule has 12 heteroatoms. The second-order valence-corrected chi connectivity index (χ2v) is 7.23. The molecule has 0 saturated heterocycles. The van der Waals surface area contributed by atoms with Crippen molar-refractivity contribution in [3.8, 4) is 11.5 Å². The topological polar surface area (TPSA) is 176 Å². The zero-order valence-corrected chi connectivity index (χ0v) is 19.5. The number of hydrogen-bond acceptors (Lipinski definition) is 12. The molecule has 0 radical (unpaired) electrons. The molecule has 0 atom stereocenters. The van der Waals surface area contributed by atoms with Crippen molar-refractivity contribution in [1.29, 1.82) is 0 Å². The third kappa shape index (κ3) is 12.1. The molecule has 0 amide bonds. The Bertz CT molecular complexity index is 946. The van der Waals surface area contributed by atoms with Crippen LogP contribution < -0.4 is 20.9 Å². The van der Waals surface area contributed by atoms with Gasteiger partial charge in [-0.05, 0) is 37.1 Å². The number of carbonyl (C=O) groups excluding carboxylic acids is 4. The second kappa shape index (κ2) is 15.4. The molecule has 2 aromatic rings. The highest BCUT2D eigenvalue weighted by Gasteiger charge is 2.10. The van der Waals surface area contributed by atoms with Gasteiger partial charge in [0, 0.05) is 36.3 Å². The molecule has 0 saturated carbocycles. The molecule has 2 aromatic carbocycles. The minimum atomic E-state index is -0.718. The molecule has 0 bridgehead atoms. The summed E-state index contributed by atoms with van der Waals surface area (Å²) < 4.78 is 29.5. The van der Waals surface area contributed by atoms with Gasteiger partial charge in [-0.15, -0.1) is 0 Å². The van der Waals surface area contributed by atoms with E-state index < -0.39 is 37.5 Å². The van der Waals surface area contributed by atoms with Crippen LogP contribution in [0.4, 0.5) is 11.4 Å². The summed E-state index contributed by atoms with van der Waals surface area (Å²) in [7, 11) is 0. The van der Waals surface area contributed by atoms with E-state index in [4.69, 9.17) is 39.9 Å². The molecule has 0 aliphatic carbocycles. The smallest absolute Gasteiger partial charge is 0.347 e. The second-order valence-electron chi connectivity index (χ2n) is 7.23. The highest BCUT2D eigenvalue weighted by atomic mass is 16.7. The van der Waals surface area contributed by atoms with Crippen LogP contribution in [0.25, 0.3) is 0 Å². The van der Waals surface area contributed by atoms with Crippen LogP contribution in [0, 0.1) is 0 Å². The van der Waals surface area contributed by atoms with Gasteiger partial charge in [0.05, 0.1) is 0 Å². The van der Waals surface area contributed by atoms with Gasteiger partial charge in [0.2, 0.25) is 13.6 Å². The van der Waals surface area contributed by atoms with Crippen LogP contribution >= 0.6 is 0 Å². The van der Waals surface area contributed by atoms with E-state index in [1.165, 1.54) is 0 Å². The number of anilines is 2. The predicted molar refractivity (Wildman–Crippen MR) is 125 cm³/mol. The largest absolute Gasteiger partial charge is 0.482 e. The van der Waals surface area contributed by atoms with E-state index >= 15 is 0 Å². The van der Waals surface area contributed by atoms with Crippen LogP contribution in [0.5, 0.6) is 11.5 Å². The summed E-state index contributed by atoms with van der Waals surface area (Å²) in [4.78, 5) is 46.5. The van der Waals surface area contributed by atoms with E-state index in [2.05, 4.69) is 0 Å². The lowest BCUT2D eigenvalue weighted by atomic mass is 10.2. The highest BCUT2D eigenvalue weighted by molar-refractivity contribution is 5.73. The molecule has 36 heavy (non-hydrogen) atoms. The third-order valence-electron chi connectivity index (χ3n) is 4.32. The molecule has 0 aromatic heterocycles. The Balaban J connectivity index is 1.44. The van der Waals surface area contributed by atoms with Crippen molar-refractivity contribution in [3.63, 3.8) is 0 Å². The van der Waals surface area contributed by atoms with Gasteiger partial charge in [-0.2, -0.15) is 0 Å². The number of benzene rings is 2. The number of nitrogens with two attached hydrogens (primary N) is 2. The first-order chi connectivity index (χ1) is 17.3. The zero-order valence-electron chi connectivity index (χ0n) is 19.5. The van der Waals surface area contributed by atoms with Gasteiger partial charge in [-0.25, -0.2) is 9.59 Å². The molecule has 2 rings (SSSR count). The van der Waals surface area contributed by atoms with E-state index in [1.54, 1.807) is 48.5 Å². The fourth-order valence-electron chi connectivity index (χ4n) is 2.58. The molecule has 0 aliphatic rings. The normalized spacial score (nSPS) is 10.1. The first kappa shape index (κ1) is 27.8. The maximum Gasteiger partial charge on any atom is 0.347 e. The lowest BCUT2D eigenvalue weighted by Gasteiger charge is -2.09. The number of esters is 4. The fraction of sp³-hybridized carbons (Fsp3) is 0.333. The molecule has 0 fully saturated rings. The van der Waals surface area contributed by atoms with Crippen LogP contribution in [0.3, 0.4) is 0 Å². The molecular formula is C24H28N2O10. The first-order valence-electron chi connectivity index (χ1n) is 10.9. The Morgan fingerprint density at radius 1 is 0.583 bits per heavy atom. The molecule has 4 N–H and O–H groups in total. The van der Waals surface area contributed by atoms with Gasteiger partial charge in [-0.1, -0.05) is 12.1 Å². The molecule has 12 nitrogen and oxygen atoms in total. The van der Waals surface area contributed by atoms with Crippen molar-refractivity contribution in [3.05, 3.63) is 48.5 Å². The van der Waals surface area contributed by atoms with E-state index in [9.17, 15) is 19.2 Å². The SMILES string of the molecule is Nc1cccc(OCC(=O)OCOC(=O)CCCCC(=O)OCOC(=O)COc2cccc(N)c2)c1. The van der Waals surface area contributed by atoms with Gasteiger partial charge in [0.25, 0.3) is 0 Å². The number of ether oxygens (including phenoxy) is 6. The van der Waals surface area contributed by atoms with E-state index in [1.807, 2.05) is 0 Å². The number of hydrogen-bond donors (Lipinski definition) is 2. The van der Waals surface area contributed by atoms with Crippen molar-refractivity contribution >= 4 is 35.3 Å². The average Bonchev–Trinajstić information content (AvgIpc) is 2.84. The summed E-state index contributed by atoms with van der Waals surface area (Å²) in [5.41, 5.74) is 12.2. The summed E-state index contributed by atoms with van der Waals surface area (Å²) in [5, 5.41) is 0. The molecule has 0 heterocycles. The minimum absolute atomic E-state index is 0.0148. The summed E-state index contributed by atoms with van der Waals surface area (Å²) in [5.74, 6) is -1.81. The molecule has 0 aliphatic heterocycles. The number of nitrogen functional groups attached to an aromatic ring is 2. The lowest BCUT2D eigenvalue weighted by Crippen LogP contribution is -2.18. The average molecular weight is 504 g/mol. The van der Waals surface area contributed by atoms with Crippen molar-refractivity contribution in [2.45, 2.75) is 25.7 Å². The molecule has 194 valence electrons. The van der Waals surface area contributed by atoms with Gasteiger partial charge in [-0.3, -0.25) is 9.59 Å². The van der Waals surface area contributed by atoms with Crippen molar-refractivity contribution in [1.82, 2.24) is 0 Å². The molecular weight excluding hydrogens is 476 g/mol. The monoisotopic (exact) mass is 504 g/mol. The summed E-state index contributed by atoms with van der Waals surface area (Å²) in [6, 6.07) is 13.1. The maximum atomic E-state index is 11.7. The Labute approximate surface area is 207 Å². The van der Waals surface area contributed by atoms with Crippen molar-refractivity contribution in [2.24, 2.45) is 0 Å². The standard InChI is InChI=1S/C24H28N2O10/c25-17-5-3-7-19(11-17)31-13-23(29)35-15-33-21(27)9-1-2-10-22(28)34-16-36-24(30)14-32-20-8-4-6-18(26)12-20/h3-8,11-12H,1-2,9-10,13-16,25-26H2. The fourth-order valence-corrected chi connectivity index (χ4v) is 2.58. The summed E-state index contributed by atoms with van der Waals surface area (Å²) in [6.07, 6.45) is 0.713. The predicted octanol–water partition coefficient (Wildman–Crippen LogP) is 1.96. The van der Waals surface area contributed by atoms with E-state index in [0.29, 0.717) is 35.7 Å². The Hall–Kier alpha value is -4.48. The Kier molecular flexibility index (Phi) is 11.9. The molecule has 0 spiro atoms. The van der Waals surface area contributed by atoms with Gasteiger partial charge < -0.3 is 39.9 Å².